The molecule has 1 rings (SSSR count). The highest BCUT2D eigenvalue weighted by Gasteiger charge is 2.15. The molecule has 1 aromatic carbocycles. The zero-order valence-corrected chi connectivity index (χ0v) is 11.2. The summed E-state index contributed by atoms with van der Waals surface area (Å²) in [5, 5.41) is 8.95. The maximum Gasteiger partial charge on any atom is 0.303 e. The largest absolute Gasteiger partial charge is 0.481 e. The Labute approximate surface area is 111 Å². The molecule has 5 heteroatoms. The molecule has 0 fully saturated rings. The second kappa shape index (κ2) is 6.40. The first-order chi connectivity index (χ1) is 8.41. The van der Waals surface area contributed by atoms with E-state index in [1.165, 1.54) is 4.90 Å². The van der Waals surface area contributed by atoms with E-state index in [1.807, 2.05) is 13.0 Å². The van der Waals surface area contributed by atoms with Crippen LogP contribution in [0.1, 0.15) is 28.8 Å². The summed E-state index contributed by atoms with van der Waals surface area (Å²) in [4.78, 5) is 23.9. The molecule has 1 aromatic rings. The number of hydrogen-bond donors (Lipinski definition) is 1. The van der Waals surface area contributed by atoms with Crippen LogP contribution in [-0.4, -0.2) is 35.5 Å². The van der Waals surface area contributed by atoms with E-state index < -0.39 is 5.97 Å². The number of carbonyl (C=O) groups excluding carboxylic acids is 1. The van der Waals surface area contributed by atoms with E-state index in [0.717, 1.165) is 5.56 Å². The number of hydrogen-bond acceptors (Lipinski definition) is 2. The van der Waals surface area contributed by atoms with Gasteiger partial charge in [0.25, 0.3) is 5.91 Å². The third kappa shape index (κ3) is 4.04. The fourth-order valence-corrected chi connectivity index (χ4v) is 1.88. The summed E-state index contributed by atoms with van der Waals surface area (Å²) in [6.45, 7) is 2.30. The highest BCUT2D eigenvalue weighted by molar-refractivity contribution is 6.33. The maximum absolute atomic E-state index is 12.0. The Morgan fingerprint density at radius 1 is 1.39 bits per heavy atom. The van der Waals surface area contributed by atoms with Gasteiger partial charge in [0.2, 0.25) is 0 Å². The number of rotatable bonds is 5. The molecule has 0 radical (unpaired) electrons. The van der Waals surface area contributed by atoms with Crippen LogP contribution in [0.2, 0.25) is 5.02 Å². The molecule has 0 saturated heterocycles. The lowest BCUT2D eigenvalue weighted by atomic mass is 10.1. The summed E-state index contributed by atoms with van der Waals surface area (Å²) in [7, 11) is 1.64. The standard InChI is InChI=1S/C13H16ClNO3/c1-9-5-6-10(11(14)8-9)13(18)15(2)7-3-4-12(16)17/h5-6,8H,3-4,7H2,1-2H3,(H,16,17). The van der Waals surface area contributed by atoms with Crippen molar-refractivity contribution in [1.29, 1.82) is 0 Å². The Morgan fingerprint density at radius 3 is 2.61 bits per heavy atom. The van der Waals surface area contributed by atoms with E-state index in [9.17, 15) is 9.59 Å². The topological polar surface area (TPSA) is 57.6 Å². The molecule has 0 spiro atoms. The minimum Gasteiger partial charge on any atom is -0.481 e. The molecule has 0 bridgehead atoms. The molecule has 0 aliphatic rings. The second-order valence-corrected chi connectivity index (χ2v) is 4.61. The highest BCUT2D eigenvalue weighted by Crippen LogP contribution is 2.19. The van der Waals surface area contributed by atoms with E-state index in [4.69, 9.17) is 16.7 Å². The molecule has 0 unspecified atom stereocenters. The fourth-order valence-electron chi connectivity index (χ4n) is 1.57. The van der Waals surface area contributed by atoms with Crippen molar-refractivity contribution in [2.24, 2.45) is 0 Å². The lowest BCUT2D eigenvalue weighted by molar-refractivity contribution is -0.137. The predicted molar refractivity (Wildman–Crippen MR) is 70.0 cm³/mol. The number of amides is 1. The quantitative estimate of drug-likeness (QED) is 0.894. The molecular formula is C13H16ClNO3. The van der Waals surface area contributed by atoms with Crippen LogP contribution in [-0.2, 0) is 4.79 Å². The Bertz CT molecular complexity index is 460. The predicted octanol–water partition coefficient (Wildman–Crippen LogP) is 2.59. The van der Waals surface area contributed by atoms with Gasteiger partial charge in [-0.15, -0.1) is 0 Å². The van der Waals surface area contributed by atoms with Crippen LogP contribution in [0.15, 0.2) is 18.2 Å². The Kier molecular flexibility index (Phi) is 5.16. The van der Waals surface area contributed by atoms with Gasteiger partial charge in [-0.05, 0) is 31.0 Å². The first-order valence-corrected chi connectivity index (χ1v) is 6.03. The van der Waals surface area contributed by atoms with Gasteiger partial charge in [-0.25, -0.2) is 0 Å². The minimum atomic E-state index is -0.857. The molecule has 0 saturated carbocycles. The van der Waals surface area contributed by atoms with Gasteiger partial charge in [-0.3, -0.25) is 9.59 Å². The molecule has 1 N–H and O–H groups in total. The van der Waals surface area contributed by atoms with Crippen LogP contribution in [0, 0.1) is 6.92 Å². The average molecular weight is 270 g/mol. The minimum absolute atomic E-state index is 0.0548. The number of carboxylic acid groups (broad SMARTS) is 1. The summed E-state index contributed by atoms with van der Waals surface area (Å²) in [6, 6.07) is 5.25. The Hall–Kier alpha value is -1.55. The van der Waals surface area contributed by atoms with Crippen molar-refractivity contribution in [1.82, 2.24) is 4.90 Å². The molecule has 0 aliphatic heterocycles. The van der Waals surface area contributed by atoms with E-state index in [0.29, 0.717) is 23.6 Å². The lowest BCUT2D eigenvalue weighted by Crippen LogP contribution is -2.28. The molecule has 98 valence electrons. The van der Waals surface area contributed by atoms with Crippen molar-refractivity contribution in [3.8, 4) is 0 Å². The number of nitrogens with zero attached hydrogens (tertiary/aromatic N) is 1. The van der Waals surface area contributed by atoms with Crippen molar-refractivity contribution in [3.05, 3.63) is 34.3 Å². The van der Waals surface area contributed by atoms with E-state index in [1.54, 1.807) is 19.2 Å². The number of halogens is 1. The van der Waals surface area contributed by atoms with Crippen LogP contribution < -0.4 is 0 Å². The first-order valence-electron chi connectivity index (χ1n) is 5.65. The highest BCUT2D eigenvalue weighted by atomic mass is 35.5. The Morgan fingerprint density at radius 2 is 2.06 bits per heavy atom. The van der Waals surface area contributed by atoms with Crippen molar-refractivity contribution < 1.29 is 14.7 Å². The fraction of sp³-hybridized carbons (Fsp3) is 0.385. The van der Waals surface area contributed by atoms with Gasteiger partial charge in [0.1, 0.15) is 0 Å². The molecule has 0 aromatic heterocycles. The van der Waals surface area contributed by atoms with Crippen LogP contribution >= 0.6 is 11.6 Å². The molecule has 0 heterocycles. The van der Waals surface area contributed by atoms with Crippen LogP contribution in [0.3, 0.4) is 0 Å². The summed E-state index contributed by atoms with van der Waals surface area (Å²) < 4.78 is 0. The zero-order chi connectivity index (χ0) is 13.7. The van der Waals surface area contributed by atoms with Crippen molar-refractivity contribution in [2.45, 2.75) is 19.8 Å². The summed E-state index contributed by atoms with van der Waals surface area (Å²) in [5.41, 5.74) is 1.44. The molecule has 0 aliphatic carbocycles. The number of carbonyl (C=O) groups is 2. The van der Waals surface area contributed by atoms with Gasteiger partial charge < -0.3 is 10.0 Å². The smallest absolute Gasteiger partial charge is 0.303 e. The molecule has 0 atom stereocenters. The molecule has 1 amide bonds. The first kappa shape index (κ1) is 14.5. The van der Waals surface area contributed by atoms with E-state index in [-0.39, 0.29) is 12.3 Å². The van der Waals surface area contributed by atoms with E-state index in [2.05, 4.69) is 0 Å². The third-order valence-corrected chi connectivity index (χ3v) is 2.90. The summed E-state index contributed by atoms with van der Waals surface area (Å²) >= 11 is 6.01. The SMILES string of the molecule is Cc1ccc(C(=O)N(C)CCCC(=O)O)c(Cl)c1. The number of carboxylic acids is 1. The second-order valence-electron chi connectivity index (χ2n) is 4.21. The average Bonchev–Trinajstić information content (AvgIpc) is 2.27. The summed E-state index contributed by atoms with van der Waals surface area (Å²) in [6.07, 6.45) is 0.486. The van der Waals surface area contributed by atoms with Crippen molar-refractivity contribution in [3.63, 3.8) is 0 Å². The van der Waals surface area contributed by atoms with Crippen LogP contribution in [0.25, 0.3) is 0 Å². The maximum atomic E-state index is 12.0. The normalized spacial score (nSPS) is 10.2. The monoisotopic (exact) mass is 269 g/mol. The van der Waals surface area contributed by atoms with Gasteiger partial charge >= 0.3 is 5.97 Å². The zero-order valence-electron chi connectivity index (χ0n) is 10.4. The number of aliphatic carboxylic acids is 1. The molecule has 4 nitrogen and oxygen atoms in total. The third-order valence-electron chi connectivity index (χ3n) is 2.59. The Balaban J connectivity index is 2.65. The lowest BCUT2D eigenvalue weighted by Gasteiger charge is -2.17. The van der Waals surface area contributed by atoms with Crippen molar-refractivity contribution in [2.75, 3.05) is 13.6 Å². The number of aryl methyl sites for hydroxylation is 1. The number of benzene rings is 1. The van der Waals surface area contributed by atoms with Gasteiger partial charge in [0, 0.05) is 20.0 Å². The van der Waals surface area contributed by atoms with Crippen LogP contribution in [0.5, 0.6) is 0 Å². The van der Waals surface area contributed by atoms with Gasteiger partial charge in [-0.2, -0.15) is 0 Å². The van der Waals surface area contributed by atoms with Gasteiger partial charge in [0.15, 0.2) is 0 Å². The molecule has 18 heavy (non-hydrogen) atoms. The van der Waals surface area contributed by atoms with Crippen molar-refractivity contribution >= 4 is 23.5 Å². The molecular weight excluding hydrogens is 254 g/mol. The van der Waals surface area contributed by atoms with Crippen LogP contribution in [0.4, 0.5) is 0 Å². The van der Waals surface area contributed by atoms with E-state index >= 15 is 0 Å². The van der Waals surface area contributed by atoms with Gasteiger partial charge in [-0.1, -0.05) is 17.7 Å². The summed E-state index contributed by atoms with van der Waals surface area (Å²) in [5.74, 6) is -1.05. The van der Waals surface area contributed by atoms with Gasteiger partial charge in [0.05, 0.1) is 10.6 Å².